The number of carbonyl (C=O) groups is 1. The first kappa shape index (κ1) is 30.5. The van der Waals surface area contributed by atoms with Gasteiger partial charge in [0.05, 0.1) is 0 Å². The predicted molar refractivity (Wildman–Crippen MR) is 187 cm³/mol. The van der Waals surface area contributed by atoms with Gasteiger partial charge < -0.3 is 19.8 Å². The van der Waals surface area contributed by atoms with Gasteiger partial charge in [-0.15, -0.1) is 11.3 Å². The maximum atomic E-state index is 11.3. The summed E-state index contributed by atoms with van der Waals surface area (Å²) >= 11 is 1.47. The molecule has 2 aliphatic heterocycles. The lowest BCUT2D eigenvalue weighted by Crippen LogP contribution is -2.44. The molecule has 0 saturated heterocycles. The van der Waals surface area contributed by atoms with E-state index in [-0.39, 0.29) is 16.4 Å². The molecule has 0 fully saturated rings. The topological polar surface area (TPSA) is 70.8 Å². The van der Waals surface area contributed by atoms with Crippen molar-refractivity contribution in [2.24, 2.45) is 0 Å². The van der Waals surface area contributed by atoms with Crippen LogP contribution in [0.2, 0.25) is 0 Å². The molecular weight excluding hydrogens is 577 g/mol. The highest BCUT2D eigenvalue weighted by Crippen LogP contribution is 2.52. The summed E-state index contributed by atoms with van der Waals surface area (Å²) in [5, 5.41) is 18.4. The molecule has 1 N–H and O–H groups in total. The zero-order valence-corrected chi connectivity index (χ0v) is 27.7. The number of nitrogens with zero attached hydrogens (tertiary/aromatic N) is 4. The number of aliphatic carboxylic acids is 1. The van der Waals surface area contributed by atoms with Crippen molar-refractivity contribution in [2.75, 3.05) is 41.9 Å². The maximum absolute atomic E-state index is 11.3. The Hall–Kier alpha value is -4.54. The average molecular weight is 617 g/mol. The highest BCUT2D eigenvalue weighted by Gasteiger charge is 2.40. The molecule has 4 aromatic rings. The molecular formula is C38H40N4O2S. The van der Waals surface area contributed by atoms with Gasteiger partial charge in [-0.1, -0.05) is 39.8 Å². The van der Waals surface area contributed by atoms with Gasteiger partial charge in [-0.3, -0.25) is 0 Å². The molecule has 0 atom stereocenters. The van der Waals surface area contributed by atoms with Gasteiger partial charge in [0.2, 0.25) is 0 Å². The van der Waals surface area contributed by atoms with E-state index < -0.39 is 5.97 Å². The summed E-state index contributed by atoms with van der Waals surface area (Å²) in [5.74, 6) is -1.22. The van der Waals surface area contributed by atoms with Crippen molar-refractivity contribution < 1.29 is 9.90 Å². The number of hydrogen-bond acceptors (Lipinski definition) is 6. The second kappa shape index (κ2) is 11.4. The summed E-state index contributed by atoms with van der Waals surface area (Å²) in [6, 6.07) is 27.7. The molecule has 1 aromatic heterocycles. The molecule has 45 heavy (non-hydrogen) atoms. The van der Waals surface area contributed by atoms with E-state index >= 15 is 0 Å². The van der Waals surface area contributed by atoms with Crippen molar-refractivity contribution >= 4 is 51.8 Å². The third-order valence-corrected chi connectivity index (χ3v) is 10.5. The van der Waals surface area contributed by atoms with Gasteiger partial charge in [0.25, 0.3) is 0 Å². The highest BCUT2D eigenvalue weighted by atomic mass is 32.1. The van der Waals surface area contributed by atoms with Crippen LogP contribution in [-0.4, -0.2) is 38.3 Å². The van der Waals surface area contributed by atoms with Crippen LogP contribution in [0.5, 0.6) is 0 Å². The minimum absolute atomic E-state index is 0.0751. The number of rotatable bonds is 7. The van der Waals surface area contributed by atoms with E-state index in [2.05, 4.69) is 117 Å². The normalized spacial score (nSPS) is 16.5. The lowest BCUT2D eigenvalue weighted by atomic mass is 9.69. The SMILES string of the molecule is CN(C)c1ccc(N(c2ccc(-c3ccc(/C=C(\C#N)C(=O)O)s3)cc2)c2cc3c4c(c2)C(C)(C)CCN4CCC3(C)C)cc1. The third kappa shape index (κ3) is 5.71. The molecule has 0 aliphatic carbocycles. The van der Waals surface area contributed by atoms with E-state index in [9.17, 15) is 9.90 Å². The van der Waals surface area contributed by atoms with E-state index in [1.807, 2.05) is 12.1 Å². The second-order valence-corrected chi connectivity index (χ2v) is 14.7. The Kier molecular flexibility index (Phi) is 7.74. The van der Waals surface area contributed by atoms with Crippen LogP contribution in [0.15, 0.2) is 78.4 Å². The van der Waals surface area contributed by atoms with Crippen molar-refractivity contribution in [1.82, 2.24) is 0 Å². The first-order valence-electron chi connectivity index (χ1n) is 15.4. The summed E-state index contributed by atoms with van der Waals surface area (Å²) in [7, 11) is 4.12. The molecule has 6 rings (SSSR count). The number of hydrogen-bond donors (Lipinski definition) is 1. The first-order chi connectivity index (χ1) is 21.4. The van der Waals surface area contributed by atoms with Crippen LogP contribution in [0.25, 0.3) is 16.5 Å². The lowest BCUT2D eigenvalue weighted by molar-refractivity contribution is -0.132. The molecule has 230 valence electrons. The largest absolute Gasteiger partial charge is 0.477 e. The summed E-state index contributed by atoms with van der Waals surface area (Å²) < 4.78 is 0. The van der Waals surface area contributed by atoms with Crippen molar-refractivity contribution in [3.63, 3.8) is 0 Å². The Morgan fingerprint density at radius 1 is 0.844 bits per heavy atom. The number of thiophene rings is 1. The molecule has 0 bridgehead atoms. The monoisotopic (exact) mass is 616 g/mol. The molecule has 2 aliphatic rings. The van der Waals surface area contributed by atoms with Gasteiger partial charge >= 0.3 is 5.97 Å². The molecule has 0 radical (unpaired) electrons. The number of anilines is 5. The van der Waals surface area contributed by atoms with Gasteiger partial charge in [-0.25, -0.2) is 4.79 Å². The van der Waals surface area contributed by atoms with Crippen LogP contribution in [0, 0.1) is 11.3 Å². The van der Waals surface area contributed by atoms with E-state index in [1.54, 1.807) is 6.07 Å². The van der Waals surface area contributed by atoms with Gasteiger partial charge in [-0.2, -0.15) is 5.26 Å². The maximum Gasteiger partial charge on any atom is 0.346 e. The average Bonchev–Trinajstić information content (AvgIpc) is 3.48. The van der Waals surface area contributed by atoms with Crippen LogP contribution in [0.3, 0.4) is 0 Å². The highest BCUT2D eigenvalue weighted by molar-refractivity contribution is 7.16. The Labute approximate surface area is 270 Å². The fourth-order valence-electron chi connectivity index (χ4n) is 6.55. The molecule has 0 spiro atoms. The zero-order valence-electron chi connectivity index (χ0n) is 26.9. The molecule has 0 amide bonds. The lowest BCUT2D eigenvalue weighted by Gasteiger charge is -2.48. The summed E-state index contributed by atoms with van der Waals surface area (Å²) in [4.78, 5) is 20.2. The predicted octanol–water partition coefficient (Wildman–Crippen LogP) is 9.11. The Morgan fingerprint density at radius 2 is 1.38 bits per heavy atom. The fourth-order valence-corrected chi connectivity index (χ4v) is 7.50. The number of nitriles is 1. The quantitative estimate of drug-likeness (QED) is 0.165. The van der Waals surface area contributed by atoms with Crippen molar-refractivity contribution in [2.45, 2.75) is 51.4 Å². The molecule has 6 nitrogen and oxygen atoms in total. The van der Waals surface area contributed by atoms with Crippen LogP contribution in [0.1, 0.15) is 56.5 Å². The van der Waals surface area contributed by atoms with Gasteiger partial charge in [-0.05, 0) is 107 Å². The first-order valence-corrected chi connectivity index (χ1v) is 16.3. The van der Waals surface area contributed by atoms with Crippen molar-refractivity contribution in [3.8, 4) is 16.5 Å². The summed E-state index contributed by atoms with van der Waals surface area (Å²) in [5.41, 5.74) is 9.70. The third-order valence-electron chi connectivity index (χ3n) is 9.44. The van der Waals surface area contributed by atoms with E-state index in [0.29, 0.717) is 0 Å². The molecule has 0 unspecified atom stereocenters. The Bertz CT molecular complexity index is 1780. The smallest absolute Gasteiger partial charge is 0.346 e. The minimum atomic E-state index is -1.22. The minimum Gasteiger partial charge on any atom is -0.477 e. The number of carboxylic acids is 1. The van der Waals surface area contributed by atoms with Crippen molar-refractivity contribution in [3.05, 3.63) is 94.4 Å². The summed E-state index contributed by atoms with van der Waals surface area (Å²) in [6.07, 6.45) is 3.70. The Morgan fingerprint density at radius 3 is 1.89 bits per heavy atom. The fraction of sp³-hybridized carbons (Fsp3) is 0.316. The molecule has 3 aromatic carbocycles. The van der Waals surface area contributed by atoms with E-state index in [4.69, 9.17) is 5.26 Å². The van der Waals surface area contributed by atoms with Gasteiger partial charge in [0, 0.05) is 65.4 Å². The Balaban J connectivity index is 1.46. The number of benzene rings is 3. The van der Waals surface area contributed by atoms with Crippen LogP contribution < -0.4 is 14.7 Å². The number of carboxylic acid groups (broad SMARTS) is 1. The molecule has 7 heteroatoms. The second-order valence-electron chi connectivity index (χ2n) is 13.6. The standard InChI is InChI=1S/C38H40N4O2S/c1-37(2)17-19-41-20-18-38(3,4)33-23-30(22-32(37)35(33)41)42(29-13-11-27(12-14-29)40(5)6)28-9-7-25(8-10-28)34-16-15-31(45-34)21-26(24-39)36(43)44/h7-16,21-23H,17-20H2,1-6H3,(H,43,44)/b26-21+. The van der Waals surface area contributed by atoms with Crippen LogP contribution in [0.4, 0.5) is 28.4 Å². The van der Waals surface area contributed by atoms with E-state index in [1.165, 1.54) is 39.9 Å². The van der Waals surface area contributed by atoms with Gasteiger partial charge in [0.15, 0.2) is 0 Å². The van der Waals surface area contributed by atoms with Gasteiger partial charge in [0.1, 0.15) is 11.6 Å². The summed E-state index contributed by atoms with van der Waals surface area (Å²) in [6.45, 7) is 11.8. The van der Waals surface area contributed by atoms with Crippen LogP contribution >= 0.6 is 11.3 Å². The zero-order chi connectivity index (χ0) is 32.1. The van der Waals surface area contributed by atoms with Crippen molar-refractivity contribution in [1.29, 1.82) is 5.26 Å². The molecule has 0 saturated carbocycles. The molecule has 3 heterocycles. The van der Waals surface area contributed by atoms with E-state index in [0.717, 1.165) is 58.3 Å². The van der Waals surface area contributed by atoms with Crippen LogP contribution in [-0.2, 0) is 15.6 Å².